The van der Waals surface area contributed by atoms with Crippen molar-refractivity contribution < 1.29 is 4.79 Å². The molecule has 1 heterocycles. The van der Waals surface area contributed by atoms with Gasteiger partial charge in [0.25, 0.3) is 11.5 Å². The molecule has 1 aromatic heterocycles. The Kier molecular flexibility index (Phi) is 4.94. The molecule has 2 rings (SSSR count). The molecule has 0 aliphatic rings. The topological polar surface area (TPSA) is 51.1 Å². The second-order valence-corrected chi connectivity index (χ2v) is 5.22. The average molecular weight is 296 g/mol. The van der Waals surface area contributed by atoms with Crippen LogP contribution in [0.2, 0.25) is 0 Å². The summed E-state index contributed by atoms with van der Waals surface area (Å²) in [5.74, 6) is -0.357. The van der Waals surface area contributed by atoms with Gasteiger partial charge in [-0.25, -0.2) is 0 Å². The number of nitrogens with zero attached hydrogens (tertiary/aromatic N) is 1. The van der Waals surface area contributed by atoms with E-state index in [0.717, 1.165) is 11.3 Å². The molecule has 0 saturated heterocycles. The van der Waals surface area contributed by atoms with Crippen LogP contribution < -0.4 is 10.9 Å². The van der Waals surface area contributed by atoms with E-state index in [2.05, 4.69) is 11.9 Å². The van der Waals surface area contributed by atoms with Crippen LogP contribution in [0.3, 0.4) is 0 Å². The van der Waals surface area contributed by atoms with Crippen molar-refractivity contribution in [2.24, 2.45) is 0 Å². The number of amides is 1. The second-order valence-electron chi connectivity index (χ2n) is 5.22. The zero-order valence-electron chi connectivity index (χ0n) is 12.9. The summed E-state index contributed by atoms with van der Waals surface area (Å²) >= 11 is 0. The molecular weight excluding hydrogens is 276 g/mol. The van der Waals surface area contributed by atoms with Gasteiger partial charge >= 0.3 is 0 Å². The minimum Gasteiger partial charge on any atom is -0.348 e. The van der Waals surface area contributed by atoms with E-state index in [4.69, 9.17) is 0 Å². The largest absolute Gasteiger partial charge is 0.348 e. The molecule has 0 aliphatic carbocycles. The lowest BCUT2D eigenvalue weighted by molar-refractivity contribution is 0.0955. The first kappa shape index (κ1) is 15.8. The van der Waals surface area contributed by atoms with Crippen LogP contribution in [0.5, 0.6) is 0 Å². The first-order chi connectivity index (χ1) is 10.5. The Morgan fingerprint density at radius 1 is 1.27 bits per heavy atom. The molecule has 22 heavy (non-hydrogen) atoms. The Hall–Kier alpha value is -2.62. The highest BCUT2D eigenvalue weighted by atomic mass is 16.2. The van der Waals surface area contributed by atoms with Crippen molar-refractivity contribution in [1.82, 2.24) is 9.88 Å². The number of hydrogen-bond donors (Lipinski definition) is 1. The standard InChI is InChI=1S/C18H20N2O2/c1-4-10-19-17(21)16-13(2)11-14(3)20(18(16)22)12-15-8-6-5-7-9-15/h4-9,11H,1,10,12H2,2-3H3,(H,19,21). The van der Waals surface area contributed by atoms with Gasteiger partial charge in [-0.3, -0.25) is 9.59 Å². The van der Waals surface area contributed by atoms with Crippen LogP contribution in [0, 0.1) is 13.8 Å². The Balaban J connectivity index is 2.45. The van der Waals surface area contributed by atoms with Crippen LogP contribution >= 0.6 is 0 Å². The van der Waals surface area contributed by atoms with Crippen LogP contribution in [-0.4, -0.2) is 17.0 Å². The van der Waals surface area contributed by atoms with E-state index in [9.17, 15) is 9.59 Å². The van der Waals surface area contributed by atoms with E-state index in [0.29, 0.717) is 18.7 Å². The number of hydrogen-bond acceptors (Lipinski definition) is 2. The SMILES string of the molecule is C=CCNC(=O)c1c(C)cc(C)n(Cc2ccccc2)c1=O. The molecule has 0 radical (unpaired) electrons. The highest BCUT2D eigenvalue weighted by molar-refractivity contribution is 5.95. The molecule has 0 saturated carbocycles. The third-order valence-electron chi connectivity index (χ3n) is 3.52. The number of nitrogens with one attached hydrogen (secondary N) is 1. The molecule has 114 valence electrons. The van der Waals surface area contributed by atoms with Gasteiger partial charge in [0.1, 0.15) is 5.56 Å². The fourth-order valence-corrected chi connectivity index (χ4v) is 2.42. The lowest BCUT2D eigenvalue weighted by atomic mass is 10.1. The van der Waals surface area contributed by atoms with Crippen LogP contribution in [0.1, 0.15) is 27.2 Å². The summed E-state index contributed by atoms with van der Waals surface area (Å²) in [5.41, 5.74) is 2.49. The zero-order chi connectivity index (χ0) is 16.1. The van der Waals surface area contributed by atoms with Gasteiger partial charge in [-0.15, -0.1) is 6.58 Å². The summed E-state index contributed by atoms with van der Waals surface area (Å²) in [5, 5.41) is 2.67. The quantitative estimate of drug-likeness (QED) is 0.862. The van der Waals surface area contributed by atoms with Crippen molar-refractivity contribution in [2.75, 3.05) is 6.54 Å². The smallest absolute Gasteiger partial charge is 0.264 e. The molecule has 0 spiro atoms. The molecule has 1 aromatic carbocycles. The summed E-state index contributed by atoms with van der Waals surface area (Å²) in [6, 6.07) is 11.6. The van der Waals surface area contributed by atoms with E-state index in [1.54, 1.807) is 17.6 Å². The molecular formula is C18H20N2O2. The van der Waals surface area contributed by atoms with Crippen LogP contribution in [0.4, 0.5) is 0 Å². The summed E-state index contributed by atoms with van der Waals surface area (Å²) < 4.78 is 1.63. The molecule has 0 fully saturated rings. The third kappa shape index (κ3) is 3.34. The Morgan fingerprint density at radius 2 is 1.95 bits per heavy atom. The minimum absolute atomic E-state index is 0.198. The minimum atomic E-state index is -0.357. The fourth-order valence-electron chi connectivity index (χ4n) is 2.42. The number of pyridine rings is 1. The summed E-state index contributed by atoms with van der Waals surface area (Å²) in [4.78, 5) is 24.9. The predicted molar refractivity (Wildman–Crippen MR) is 88.3 cm³/mol. The van der Waals surface area contributed by atoms with E-state index in [1.165, 1.54) is 0 Å². The molecule has 0 unspecified atom stereocenters. The number of aromatic nitrogens is 1. The molecule has 2 aromatic rings. The first-order valence-electron chi connectivity index (χ1n) is 7.18. The third-order valence-corrected chi connectivity index (χ3v) is 3.52. The predicted octanol–water partition coefficient (Wildman–Crippen LogP) is 2.43. The monoisotopic (exact) mass is 296 g/mol. The molecule has 4 heteroatoms. The highest BCUT2D eigenvalue weighted by Gasteiger charge is 2.17. The van der Waals surface area contributed by atoms with Crippen molar-refractivity contribution in [3.63, 3.8) is 0 Å². The fraction of sp³-hybridized carbons (Fsp3) is 0.222. The maximum Gasteiger partial charge on any atom is 0.264 e. The van der Waals surface area contributed by atoms with Crippen LogP contribution in [0.15, 0.2) is 53.8 Å². The van der Waals surface area contributed by atoms with Crippen LogP contribution in [0.25, 0.3) is 0 Å². The zero-order valence-corrected chi connectivity index (χ0v) is 12.9. The summed E-state index contributed by atoms with van der Waals surface area (Å²) in [6.45, 7) is 8.01. The number of rotatable bonds is 5. The molecule has 1 amide bonds. The Bertz CT molecular complexity index is 746. The molecule has 0 atom stereocenters. The van der Waals surface area contributed by atoms with Gasteiger partial charge in [0.15, 0.2) is 0 Å². The van der Waals surface area contributed by atoms with Crippen molar-refractivity contribution in [3.05, 3.63) is 81.8 Å². The van der Waals surface area contributed by atoms with Crippen LogP contribution in [-0.2, 0) is 6.54 Å². The normalized spacial score (nSPS) is 10.3. The van der Waals surface area contributed by atoms with Gasteiger partial charge in [0.2, 0.25) is 0 Å². The van der Waals surface area contributed by atoms with E-state index >= 15 is 0 Å². The Labute approximate surface area is 130 Å². The average Bonchev–Trinajstić information content (AvgIpc) is 2.50. The van der Waals surface area contributed by atoms with E-state index < -0.39 is 0 Å². The lowest BCUT2D eigenvalue weighted by Crippen LogP contribution is -2.35. The second kappa shape index (κ2) is 6.89. The van der Waals surface area contributed by atoms with Gasteiger partial charge in [-0.1, -0.05) is 36.4 Å². The van der Waals surface area contributed by atoms with Crippen molar-refractivity contribution in [2.45, 2.75) is 20.4 Å². The number of aryl methyl sites for hydroxylation is 2. The molecule has 0 bridgehead atoms. The lowest BCUT2D eigenvalue weighted by Gasteiger charge is -2.14. The number of carbonyl (C=O) groups excluding carboxylic acids is 1. The highest BCUT2D eigenvalue weighted by Crippen LogP contribution is 2.09. The molecule has 4 nitrogen and oxygen atoms in total. The van der Waals surface area contributed by atoms with Crippen molar-refractivity contribution in [3.8, 4) is 0 Å². The number of carbonyl (C=O) groups is 1. The van der Waals surface area contributed by atoms with E-state index in [-0.39, 0.29) is 17.0 Å². The number of benzene rings is 1. The molecule has 0 aliphatic heterocycles. The van der Waals surface area contributed by atoms with Crippen molar-refractivity contribution in [1.29, 1.82) is 0 Å². The van der Waals surface area contributed by atoms with E-state index in [1.807, 2.05) is 43.3 Å². The van der Waals surface area contributed by atoms with Gasteiger partial charge in [0.05, 0.1) is 6.54 Å². The Morgan fingerprint density at radius 3 is 2.59 bits per heavy atom. The maximum absolute atomic E-state index is 12.7. The summed E-state index contributed by atoms with van der Waals surface area (Å²) in [7, 11) is 0. The van der Waals surface area contributed by atoms with Gasteiger partial charge in [-0.05, 0) is 31.0 Å². The first-order valence-corrected chi connectivity index (χ1v) is 7.18. The summed E-state index contributed by atoms with van der Waals surface area (Å²) in [6.07, 6.45) is 1.59. The van der Waals surface area contributed by atoms with Gasteiger partial charge in [-0.2, -0.15) is 0 Å². The van der Waals surface area contributed by atoms with Crippen molar-refractivity contribution >= 4 is 5.91 Å². The van der Waals surface area contributed by atoms with Gasteiger partial charge < -0.3 is 9.88 Å². The maximum atomic E-state index is 12.7. The van der Waals surface area contributed by atoms with Gasteiger partial charge in [0, 0.05) is 12.2 Å². The molecule has 1 N–H and O–H groups in total.